The quantitative estimate of drug-likeness (QED) is 0.612. The maximum atomic E-state index is 11.2. The van der Waals surface area contributed by atoms with Crippen molar-refractivity contribution in [2.75, 3.05) is 0 Å². The maximum Gasteiger partial charge on any atom is 0.136 e. The van der Waals surface area contributed by atoms with Gasteiger partial charge in [0.05, 0.1) is 22.9 Å². The van der Waals surface area contributed by atoms with Gasteiger partial charge in [-0.3, -0.25) is 0 Å². The van der Waals surface area contributed by atoms with Crippen molar-refractivity contribution in [1.29, 1.82) is 0 Å². The summed E-state index contributed by atoms with van der Waals surface area (Å²) in [4.78, 5) is 15.1. The number of benzene rings is 1. The summed E-state index contributed by atoms with van der Waals surface area (Å²) in [5.41, 5.74) is 1.29. The van der Waals surface area contributed by atoms with Crippen LogP contribution in [0, 0.1) is 22.7 Å². The molecule has 0 spiro atoms. The van der Waals surface area contributed by atoms with Crippen LogP contribution in [-0.4, -0.2) is 9.55 Å². The summed E-state index contributed by atoms with van der Waals surface area (Å²) in [6, 6.07) is 2.95. The first-order valence-electron chi connectivity index (χ1n) is 6.96. The van der Waals surface area contributed by atoms with Gasteiger partial charge in [0.2, 0.25) is 0 Å². The Balaban J connectivity index is 1.88. The molecule has 0 bridgehead atoms. The van der Waals surface area contributed by atoms with Crippen LogP contribution in [0.2, 0.25) is 10.0 Å². The molecule has 0 saturated heterocycles. The smallest absolute Gasteiger partial charge is 0.136 e. The van der Waals surface area contributed by atoms with Crippen molar-refractivity contribution in [3.63, 3.8) is 0 Å². The fraction of sp³-hybridized carbons (Fsp3) is 0.312. The van der Waals surface area contributed by atoms with Crippen LogP contribution in [0.5, 0.6) is 0 Å². The second-order valence-corrected chi connectivity index (χ2v) is 6.01. The molecule has 1 aliphatic carbocycles. The molecule has 1 aromatic carbocycles. The average Bonchev–Trinajstić information content (AvgIpc) is 3.21. The van der Waals surface area contributed by atoms with Crippen LogP contribution >= 0.6 is 23.2 Å². The van der Waals surface area contributed by atoms with Crippen LogP contribution in [0.1, 0.15) is 30.0 Å². The lowest BCUT2D eigenvalue weighted by atomic mass is 10.0. The number of nitrogens with zero attached hydrogens (tertiary/aromatic N) is 3. The summed E-state index contributed by atoms with van der Waals surface area (Å²) in [5, 5.41) is 3.89. The van der Waals surface area contributed by atoms with Gasteiger partial charge in [-0.1, -0.05) is 46.3 Å². The molecule has 0 aliphatic heterocycles. The normalized spacial score (nSPS) is 15.0. The van der Waals surface area contributed by atoms with E-state index in [4.69, 9.17) is 23.2 Å². The van der Waals surface area contributed by atoms with Crippen molar-refractivity contribution in [2.24, 2.45) is 11.1 Å². The number of hydrogen-bond acceptors (Lipinski definition) is 3. The fourth-order valence-electron chi connectivity index (χ4n) is 2.11. The van der Waals surface area contributed by atoms with Crippen molar-refractivity contribution in [2.45, 2.75) is 25.4 Å². The third-order valence-corrected chi connectivity index (χ3v) is 4.43. The highest BCUT2D eigenvalue weighted by atomic mass is 35.5. The zero-order valence-electron chi connectivity index (χ0n) is 11.7. The average molecular weight is 334 g/mol. The topological polar surface area (TPSA) is 47.2 Å². The lowest BCUT2D eigenvalue weighted by molar-refractivity contribution is 0.575. The minimum Gasteiger partial charge on any atom is -0.335 e. The monoisotopic (exact) mass is 333 g/mol. The van der Waals surface area contributed by atoms with Gasteiger partial charge in [-0.25, -0.2) is 4.98 Å². The molecule has 1 aliphatic rings. The molecule has 3 rings (SSSR count). The van der Waals surface area contributed by atoms with Gasteiger partial charge in [0.25, 0.3) is 0 Å². The zero-order chi connectivity index (χ0) is 15.5. The summed E-state index contributed by atoms with van der Waals surface area (Å²) in [6.07, 6.45) is 7.34. The first-order valence-corrected chi connectivity index (χ1v) is 7.72. The Hall–Kier alpha value is -1.83. The molecule has 2 aromatic rings. The minimum atomic E-state index is -0.621. The number of aromatic nitrogens is 2. The van der Waals surface area contributed by atoms with Crippen molar-refractivity contribution in [3.8, 4) is 11.8 Å². The first kappa shape index (κ1) is 15.1. The molecule has 1 saturated carbocycles. The summed E-state index contributed by atoms with van der Waals surface area (Å²) in [7, 11) is 0. The van der Waals surface area contributed by atoms with Crippen molar-refractivity contribution in [1.82, 2.24) is 9.55 Å². The predicted molar refractivity (Wildman–Crippen MR) is 86.8 cm³/mol. The minimum absolute atomic E-state index is 0.342. The van der Waals surface area contributed by atoms with E-state index < -0.39 is 6.04 Å². The molecule has 4 nitrogen and oxygen atoms in total. The van der Waals surface area contributed by atoms with Crippen LogP contribution in [-0.2, 0) is 6.54 Å². The molecule has 0 amide bonds. The van der Waals surface area contributed by atoms with Crippen LogP contribution in [0.4, 0.5) is 0 Å². The van der Waals surface area contributed by atoms with Gasteiger partial charge < -0.3 is 4.57 Å². The Bertz CT molecular complexity index is 743. The second kappa shape index (κ2) is 6.51. The number of nitroso groups, excluding NO2 is 1. The molecule has 22 heavy (non-hydrogen) atoms. The van der Waals surface area contributed by atoms with E-state index in [1.165, 1.54) is 0 Å². The highest BCUT2D eigenvalue weighted by Crippen LogP contribution is 2.35. The van der Waals surface area contributed by atoms with Gasteiger partial charge >= 0.3 is 0 Å². The Morgan fingerprint density at radius 3 is 2.82 bits per heavy atom. The Morgan fingerprint density at radius 2 is 2.18 bits per heavy atom. The van der Waals surface area contributed by atoms with Crippen molar-refractivity contribution < 1.29 is 0 Å². The molecule has 112 valence electrons. The van der Waals surface area contributed by atoms with Crippen molar-refractivity contribution in [3.05, 3.63) is 56.9 Å². The van der Waals surface area contributed by atoms with Gasteiger partial charge in [-0.2, -0.15) is 4.91 Å². The molecule has 0 radical (unpaired) electrons. The van der Waals surface area contributed by atoms with Gasteiger partial charge in [-0.05, 0) is 18.9 Å². The van der Waals surface area contributed by atoms with E-state index in [0.29, 0.717) is 33.6 Å². The SMILES string of the molecule is O=NC(Cn1ccnc1)c1ccc(C#CC2CC2)c(Cl)c1Cl. The highest BCUT2D eigenvalue weighted by molar-refractivity contribution is 6.43. The lowest BCUT2D eigenvalue weighted by Gasteiger charge is -2.13. The largest absolute Gasteiger partial charge is 0.335 e. The van der Waals surface area contributed by atoms with E-state index in [9.17, 15) is 4.91 Å². The van der Waals surface area contributed by atoms with E-state index in [1.54, 1.807) is 35.4 Å². The van der Waals surface area contributed by atoms with Gasteiger partial charge in [0, 0.05) is 29.4 Å². The first-order chi connectivity index (χ1) is 10.7. The van der Waals surface area contributed by atoms with Crippen molar-refractivity contribution >= 4 is 23.2 Å². The van der Waals surface area contributed by atoms with E-state index in [0.717, 1.165) is 12.8 Å². The zero-order valence-corrected chi connectivity index (χ0v) is 13.2. The number of halogens is 2. The number of hydrogen-bond donors (Lipinski definition) is 0. The molecule has 6 heteroatoms. The molecule has 1 unspecified atom stereocenters. The molecular formula is C16H13Cl2N3O. The highest BCUT2D eigenvalue weighted by Gasteiger charge is 2.20. The van der Waals surface area contributed by atoms with Crippen LogP contribution in [0.25, 0.3) is 0 Å². The summed E-state index contributed by atoms with van der Waals surface area (Å²) in [5.74, 6) is 6.69. The molecule has 1 atom stereocenters. The van der Waals surface area contributed by atoms with E-state index >= 15 is 0 Å². The standard InChI is InChI=1S/C16H13Cl2N3O/c17-15-12(4-3-11-1-2-11)5-6-13(16(15)18)14(20-22)9-21-8-7-19-10-21/h5-8,10-11,14H,1-2,9H2. The predicted octanol–water partition coefficient (Wildman–Crippen LogP) is 4.46. The Kier molecular flexibility index (Phi) is 4.47. The fourth-order valence-corrected chi connectivity index (χ4v) is 2.62. The van der Waals surface area contributed by atoms with Crippen LogP contribution < -0.4 is 0 Å². The summed E-state index contributed by atoms with van der Waals surface area (Å²) in [6.45, 7) is 0.368. The van der Waals surface area contributed by atoms with Gasteiger partial charge in [0.1, 0.15) is 6.04 Å². The van der Waals surface area contributed by atoms with Gasteiger partial charge in [0.15, 0.2) is 0 Å². The molecule has 0 N–H and O–H groups in total. The van der Waals surface area contributed by atoms with Crippen LogP contribution in [0.3, 0.4) is 0 Å². The number of imidazole rings is 1. The van der Waals surface area contributed by atoms with E-state index in [1.807, 2.05) is 0 Å². The molecular weight excluding hydrogens is 321 g/mol. The lowest BCUT2D eigenvalue weighted by Crippen LogP contribution is -2.06. The molecule has 1 aromatic heterocycles. The molecule has 1 fully saturated rings. The van der Waals surface area contributed by atoms with E-state index in [2.05, 4.69) is 22.0 Å². The second-order valence-electron chi connectivity index (χ2n) is 5.25. The van der Waals surface area contributed by atoms with Crippen LogP contribution in [0.15, 0.2) is 36.0 Å². The maximum absolute atomic E-state index is 11.2. The summed E-state index contributed by atoms with van der Waals surface area (Å²) < 4.78 is 1.77. The number of rotatable bonds is 4. The van der Waals surface area contributed by atoms with E-state index in [-0.39, 0.29) is 0 Å². The third-order valence-electron chi connectivity index (χ3n) is 3.53. The molecule has 1 heterocycles. The van der Waals surface area contributed by atoms with Gasteiger partial charge in [-0.15, -0.1) is 0 Å². The summed E-state index contributed by atoms with van der Waals surface area (Å²) >= 11 is 12.6. The Morgan fingerprint density at radius 1 is 1.36 bits per heavy atom. The Labute approximate surface area is 138 Å². The third kappa shape index (κ3) is 3.32.